The van der Waals surface area contributed by atoms with Crippen molar-refractivity contribution >= 4 is 17.5 Å². The summed E-state index contributed by atoms with van der Waals surface area (Å²) in [6.07, 6.45) is 0. The number of nitrogens with zero attached hydrogens (tertiary/aromatic N) is 1. The molecule has 27 heavy (non-hydrogen) atoms. The number of carbonyl (C=O) groups excluding carboxylic acids is 2. The number of hydrogen-bond donors (Lipinski definition) is 2. The molecule has 0 saturated heterocycles. The van der Waals surface area contributed by atoms with Crippen molar-refractivity contribution in [1.29, 1.82) is 0 Å². The molecule has 3 aromatic rings. The quantitative estimate of drug-likeness (QED) is 0.726. The third-order valence-electron chi connectivity index (χ3n) is 4.14. The first-order valence-electron chi connectivity index (χ1n) is 8.71. The number of carbonyl (C=O) groups is 2. The average Bonchev–Trinajstić information content (AvgIpc) is 2.69. The summed E-state index contributed by atoms with van der Waals surface area (Å²) in [5.74, 6) is -0.667. The molecule has 0 fully saturated rings. The summed E-state index contributed by atoms with van der Waals surface area (Å²) in [5.41, 5.74) is 4.23. The number of hydrogen-bond acceptors (Lipinski definition) is 3. The van der Waals surface area contributed by atoms with Crippen molar-refractivity contribution < 1.29 is 9.59 Å². The molecule has 0 bridgehead atoms. The van der Waals surface area contributed by atoms with Crippen molar-refractivity contribution in [2.45, 2.75) is 20.4 Å². The highest BCUT2D eigenvalue weighted by molar-refractivity contribution is 6.04. The van der Waals surface area contributed by atoms with E-state index in [1.165, 1.54) is 0 Å². The van der Waals surface area contributed by atoms with Gasteiger partial charge in [0.15, 0.2) is 0 Å². The highest BCUT2D eigenvalue weighted by Gasteiger charge is 2.13. The van der Waals surface area contributed by atoms with Crippen LogP contribution in [-0.2, 0) is 6.54 Å². The molecule has 0 aliphatic carbocycles. The number of rotatable bonds is 5. The van der Waals surface area contributed by atoms with E-state index in [1.54, 1.807) is 18.2 Å². The Balaban J connectivity index is 1.68. The predicted octanol–water partition coefficient (Wildman–Crippen LogP) is 3.88. The molecule has 2 aromatic carbocycles. The van der Waals surface area contributed by atoms with E-state index in [4.69, 9.17) is 0 Å². The van der Waals surface area contributed by atoms with Crippen LogP contribution in [0.4, 0.5) is 5.69 Å². The molecule has 2 N–H and O–H groups in total. The van der Waals surface area contributed by atoms with Crippen LogP contribution in [0.5, 0.6) is 0 Å². The number of benzene rings is 2. The molecule has 5 nitrogen and oxygen atoms in total. The van der Waals surface area contributed by atoms with Gasteiger partial charge in [-0.05, 0) is 43.2 Å². The molecule has 0 atom stereocenters. The molecule has 0 aliphatic heterocycles. The topological polar surface area (TPSA) is 71.1 Å². The first kappa shape index (κ1) is 18.3. The van der Waals surface area contributed by atoms with Gasteiger partial charge in [0.2, 0.25) is 0 Å². The number of amides is 2. The van der Waals surface area contributed by atoms with E-state index >= 15 is 0 Å². The molecular weight excluding hydrogens is 338 g/mol. The second kappa shape index (κ2) is 8.27. The first-order chi connectivity index (χ1) is 13.0. The summed E-state index contributed by atoms with van der Waals surface area (Å²) in [5, 5.41) is 5.66. The van der Waals surface area contributed by atoms with Crippen molar-refractivity contribution in [2.75, 3.05) is 5.32 Å². The lowest BCUT2D eigenvalue weighted by atomic mass is 10.1. The molecule has 2 amide bonds. The fourth-order valence-electron chi connectivity index (χ4n) is 2.70. The Bertz CT molecular complexity index is 968. The van der Waals surface area contributed by atoms with E-state index < -0.39 is 0 Å². The van der Waals surface area contributed by atoms with Crippen LogP contribution in [-0.4, -0.2) is 16.8 Å². The van der Waals surface area contributed by atoms with E-state index in [-0.39, 0.29) is 23.2 Å². The van der Waals surface area contributed by atoms with Crippen LogP contribution < -0.4 is 10.6 Å². The Morgan fingerprint density at radius 1 is 0.852 bits per heavy atom. The van der Waals surface area contributed by atoms with Crippen molar-refractivity contribution in [3.63, 3.8) is 0 Å². The van der Waals surface area contributed by atoms with Crippen molar-refractivity contribution in [2.24, 2.45) is 0 Å². The van der Waals surface area contributed by atoms with E-state index in [0.29, 0.717) is 6.54 Å². The second-order valence-electron chi connectivity index (χ2n) is 6.35. The Labute approximate surface area is 158 Å². The molecule has 0 unspecified atom stereocenters. The van der Waals surface area contributed by atoms with Crippen LogP contribution in [0.15, 0.2) is 66.7 Å². The standard InChI is InChI=1S/C22H21N3O2/c1-15-11-12-18(16(2)13-15)25-22(27)20-10-6-9-19(24-20)21(26)23-14-17-7-4-3-5-8-17/h3-13H,14H2,1-2H3,(H,23,26)(H,25,27). The normalized spacial score (nSPS) is 10.3. The minimum absolute atomic E-state index is 0.197. The number of anilines is 1. The number of aryl methyl sites for hydroxylation is 2. The molecule has 1 aromatic heterocycles. The van der Waals surface area contributed by atoms with Crippen LogP contribution >= 0.6 is 0 Å². The molecular formula is C22H21N3O2. The van der Waals surface area contributed by atoms with Gasteiger partial charge in [-0.25, -0.2) is 4.98 Å². The van der Waals surface area contributed by atoms with Gasteiger partial charge in [-0.3, -0.25) is 9.59 Å². The van der Waals surface area contributed by atoms with Crippen LogP contribution in [0.1, 0.15) is 37.7 Å². The minimum Gasteiger partial charge on any atom is -0.347 e. The molecule has 1 heterocycles. The van der Waals surface area contributed by atoms with Crippen molar-refractivity contribution in [3.8, 4) is 0 Å². The zero-order chi connectivity index (χ0) is 19.2. The molecule has 0 spiro atoms. The zero-order valence-corrected chi connectivity index (χ0v) is 15.3. The number of aromatic nitrogens is 1. The molecule has 5 heteroatoms. The van der Waals surface area contributed by atoms with Crippen LogP contribution in [0.2, 0.25) is 0 Å². The summed E-state index contributed by atoms with van der Waals surface area (Å²) in [7, 11) is 0. The van der Waals surface area contributed by atoms with Gasteiger partial charge in [-0.1, -0.05) is 54.1 Å². The summed E-state index contributed by atoms with van der Waals surface area (Å²) < 4.78 is 0. The SMILES string of the molecule is Cc1ccc(NC(=O)c2cccc(C(=O)NCc3ccccc3)n2)c(C)c1. The smallest absolute Gasteiger partial charge is 0.274 e. The van der Waals surface area contributed by atoms with Crippen molar-refractivity contribution in [3.05, 3.63) is 94.8 Å². The fraction of sp³-hybridized carbons (Fsp3) is 0.136. The monoisotopic (exact) mass is 359 g/mol. The predicted molar refractivity (Wildman–Crippen MR) is 106 cm³/mol. The van der Waals surface area contributed by atoms with Crippen LogP contribution in [0.3, 0.4) is 0 Å². The van der Waals surface area contributed by atoms with Gasteiger partial charge >= 0.3 is 0 Å². The summed E-state index contributed by atoms with van der Waals surface area (Å²) in [6, 6.07) is 20.2. The van der Waals surface area contributed by atoms with Gasteiger partial charge in [0.05, 0.1) is 0 Å². The van der Waals surface area contributed by atoms with Crippen LogP contribution in [0, 0.1) is 13.8 Å². The molecule has 0 saturated carbocycles. The molecule has 136 valence electrons. The highest BCUT2D eigenvalue weighted by atomic mass is 16.2. The number of pyridine rings is 1. The van der Waals surface area contributed by atoms with Gasteiger partial charge in [0.25, 0.3) is 11.8 Å². The largest absolute Gasteiger partial charge is 0.347 e. The van der Waals surface area contributed by atoms with Crippen LogP contribution in [0.25, 0.3) is 0 Å². The summed E-state index contributed by atoms with van der Waals surface area (Å²) in [6.45, 7) is 4.33. The lowest BCUT2D eigenvalue weighted by Crippen LogP contribution is -2.25. The Kier molecular flexibility index (Phi) is 5.61. The summed E-state index contributed by atoms with van der Waals surface area (Å²) in [4.78, 5) is 29.0. The Hall–Kier alpha value is -3.47. The Morgan fingerprint density at radius 3 is 2.26 bits per heavy atom. The molecule has 3 rings (SSSR count). The van der Waals surface area contributed by atoms with Crippen molar-refractivity contribution in [1.82, 2.24) is 10.3 Å². The van der Waals surface area contributed by atoms with Gasteiger partial charge in [-0.2, -0.15) is 0 Å². The lowest BCUT2D eigenvalue weighted by Gasteiger charge is -2.10. The van der Waals surface area contributed by atoms with Gasteiger partial charge in [0, 0.05) is 12.2 Å². The first-order valence-corrected chi connectivity index (χ1v) is 8.71. The minimum atomic E-state index is -0.348. The van der Waals surface area contributed by atoms with E-state index in [0.717, 1.165) is 22.4 Å². The van der Waals surface area contributed by atoms with E-state index in [1.807, 2.05) is 62.4 Å². The fourth-order valence-corrected chi connectivity index (χ4v) is 2.70. The van der Waals surface area contributed by atoms with E-state index in [2.05, 4.69) is 15.6 Å². The third kappa shape index (κ3) is 4.79. The highest BCUT2D eigenvalue weighted by Crippen LogP contribution is 2.17. The van der Waals surface area contributed by atoms with E-state index in [9.17, 15) is 9.59 Å². The maximum absolute atomic E-state index is 12.5. The Morgan fingerprint density at radius 2 is 1.56 bits per heavy atom. The number of nitrogens with one attached hydrogen (secondary N) is 2. The van der Waals surface area contributed by atoms with Gasteiger partial charge < -0.3 is 10.6 Å². The zero-order valence-electron chi connectivity index (χ0n) is 15.3. The lowest BCUT2D eigenvalue weighted by molar-refractivity contribution is 0.0945. The summed E-state index contributed by atoms with van der Waals surface area (Å²) >= 11 is 0. The molecule has 0 radical (unpaired) electrons. The maximum atomic E-state index is 12.5. The average molecular weight is 359 g/mol. The van der Waals surface area contributed by atoms with Gasteiger partial charge in [-0.15, -0.1) is 0 Å². The second-order valence-corrected chi connectivity index (χ2v) is 6.35. The maximum Gasteiger partial charge on any atom is 0.274 e. The third-order valence-corrected chi connectivity index (χ3v) is 4.14. The molecule has 0 aliphatic rings. The van der Waals surface area contributed by atoms with Gasteiger partial charge in [0.1, 0.15) is 11.4 Å².